The number of hydrogen-bond donors (Lipinski definition) is 3. The van der Waals surface area contributed by atoms with Crippen LogP contribution in [0.3, 0.4) is 0 Å². The average molecular weight is 297 g/mol. The third kappa shape index (κ3) is 2.54. The van der Waals surface area contributed by atoms with Gasteiger partial charge < -0.3 is 16.4 Å². The Hall–Kier alpha value is -1.23. The van der Waals surface area contributed by atoms with Gasteiger partial charge in [-0.2, -0.15) is 0 Å². The Balaban J connectivity index is 2.48. The first-order chi connectivity index (χ1) is 7.89. The van der Waals surface area contributed by atoms with Gasteiger partial charge in [-0.15, -0.1) is 0 Å². The topological polar surface area (TPSA) is 62.4 Å². The molecule has 0 bridgehead atoms. The van der Waals surface area contributed by atoms with E-state index < -0.39 is 0 Å². The van der Waals surface area contributed by atoms with E-state index in [4.69, 9.17) is 5.73 Å². The van der Waals surface area contributed by atoms with Crippen molar-refractivity contribution in [1.29, 1.82) is 0 Å². The molecule has 92 valence electrons. The van der Waals surface area contributed by atoms with E-state index in [1.165, 1.54) is 0 Å². The molecule has 0 spiro atoms. The van der Waals surface area contributed by atoms with E-state index in [1.807, 2.05) is 12.1 Å². The zero-order valence-electron chi connectivity index (χ0n) is 10.3. The van der Waals surface area contributed by atoms with Crippen molar-refractivity contribution >= 4 is 38.8 Å². The van der Waals surface area contributed by atoms with Gasteiger partial charge >= 0.3 is 0 Å². The number of nitrogens with one attached hydrogen (secondary N) is 2. The van der Waals surface area contributed by atoms with Gasteiger partial charge in [0.25, 0.3) is 0 Å². The lowest BCUT2D eigenvalue weighted by molar-refractivity contribution is 0.588. The highest BCUT2D eigenvalue weighted by molar-refractivity contribution is 9.10. The zero-order valence-corrected chi connectivity index (χ0v) is 11.9. The van der Waals surface area contributed by atoms with Gasteiger partial charge in [0.2, 0.25) is 0 Å². The second-order valence-corrected chi connectivity index (χ2v) is 5.73. The Bertz CT molecular complexity index is 476. The molecule has 1 aromatic rings. The highest BCUT2D eigenvalue weighted by atomic mass is 79.9. The molecule has 4 nitrogen and oxygen atoms in total. The lowest BCUT2D eigenvalue weighted by Crippen LogP contribution is -2.42. The Morgan fingerprint density at radius 1 is 1.47 bits per heavy atom. The van der Waals surface area contributed by atoms with E-state index in [1.54, 1.807) is 6.92 Å². The van der Waals surface area contributed by atoms with E-state index in [0.717, 1.165) is 28.1 Å². The molecule has 17 heavy (non-hydrogen) atoms. The predicted molar refractivity (Wildman–Crippen MR) is 77.3 cm³/mol. The predicted octanol–water partition coefficient (Wildman–Crippen LogP) is 3.07. The summed E-state index contributed by atoms with van der Waals surface area (Å²) in [6.45, 7) is 6.98. The van der Waals surface area contributed by atoms with Crippen LogP contribution < -0.4 is 16.4 Å². The second kappa shape index (κ2) is 4.22. The molecule has 0 aromatic heterocycles. The van der Waals surface area contributed by atoms with Gasteiger partial charge in [0.15, 0.2) is 0 Å². The van der Waals surface area contributed by atoms with E-state index in [0.29, 0.717) is 5.84 Å². The van der Waals surface area contributed by atoms with Crippen LogP contribution in [0, 0.1) is 0 Å². The third-order valence-electron chi connectivity index (χ3n) is 2.60. The fourth-order valence-corrected chi connectivity index (χ4v) is 2.34. The summed E-state index contributed by atoms with van der Waals surface area (Å²) >= 11 is 3.58. The molecule has 0 unspecified atom stereocenters. The number of halogens is 1. The molecule has 2 rings (SSSR count). The molecular weight excluding hydrogens is 280 g/mol. The quantitative estimate of drug-likeness (QED) is 0.551. The fraction of sp³-hybridized carbons (Fsp3) is 0.417. The molecule has 0 aliphatic carbocycles. The van der Waals surface area contributed by atoms with Crippen molar-refractivity contribution < 1.29 is 0 Å². The second-order valence-electron chi connectivity index (χ2n) is 4.94. The van der Waals surface area contributed by atoms with Crippen LogP contribution in [0.1, 0.15) is 20.8 Å². The van der Waals surface area contributed by atoms with Crippen molar-refractivity contribution in [3.8, 4) is 0 Å². The van der Waals surface area contributed by atoms with E-state index in [9.17, 15) is 0 Å². The summed E-state index contributed by atoms with van der Waals surface area (Å²) in [5, 5.41) is 6.90. The largest absolute Gasteiger partial charge is 0.387 e. The number of benzene rings is 1. The first-order valence-corrected chi connectivity index (χ1v) is 6.34. The molecule has 5 heteroatoms. The van der Waals surface area contributed by atoms with Crippen molar-refractivity contribution in [1.82, 2.24) is 0 Å². The molecule has 0 radical (unpaired) electrons. The summed E-state index contributed by atoms with van der Waals surface area (Å²) in [5.74, 6) is 0.550. The van der Waals surface area contributed by atoms with Crippen LogP contribution in [0.5, 0.6) is 0 Å². The van der Waals surface area contributed by atoms with Gasteiger partial charge in [0.1, 0.15) is 0 Å². The molecule has 4 N–H and O–H groups in total. The standard InChI is InChI=1S/C12H17BrN4/c1-7(14)16-8-4-5-9-11(10(8)13)17-12(2,3)6-15-9/h4-5,15,17H,6H2,1-3H3,(H2,14,16). The Morgan fingerprint density at radius 3 is 2.82 bits per heavy atom. The monoisotopic (exact) mass is 296 g/mol. The minimum atomic E-state index is 0.0234. The summed E-state index contributed by atoms with van der Waals surface area (Å²) in [5.41, 5.74) is 8.62. The number of fused-ring (bicyclic) bond motifs is 1. The molecule has 1 aromatic carbocycles. The number of amidine groups is 1. The van der Waals surface area contributed by atoms with Gasteiger partial charge in [0, 0.05) is 12.1 Å². The molecule has 0 fully saturated rings. The number of nitrogens with two attached hydrogens (primary N) is 1. The normalized spacial score (nSPS) is 18.0. The molecule has 1 aliphatic rings. The number of aliphatic imine (C=N–C) groups is 1. The van der Waals surface area contributed by atoms with Crippen LogP contribution in [0.2, 0.25) is 0 Å². The highest BCUT2D eigenvalue weighted by Crippen LogP contribution is 2.41. The van der Waals surface area contributed by atoms with E-state index in [-0.39, 0.29) is 5.54 Å². The number of rotatable bonds is 1. The Kier molecular flexibility index (Phi) is 3.03. The van der Waals surface area contributed by atoms with Crippen LogP contribution >= 0.6 is 15.9 Å². The summed E-state index contributed by atoms with van der Waals surface area (Å²) < 4.78 is 0.945. The highest BCUT2D eigenvalue weighted by Gasteiger charge is 2.26. The van der Waals surface area contributed by atoms with Crippen LogP contribution in [0.15, 0.2) is 21.6 Å². The van der Waals surface area contributed by atoms with Crippen molar-refractivity contribution in [2.75, 3.05) is 17.2 Å². The molecular formula is C12H17BrN4. The molecule has 1 aliphatic heterocycles. The van der Waals surface area contributed by atoms with Crippen molar-refractivity contribution in [3.63, 3.8) is 0 Å². The molecule has 0 saturated carbocycles. The van der Waals surface area contributed by atoms with Crippen LogP contribution in [-0.2, 0) is 0 Å². The zero-order chi connectivity index (χ0) is 12.6. The maximum absolute atomic E-state index is 5.62. The van der Waals surface area contributed by atoms with Crippen molar-refractivity contribution in [3.05, 3.63) is 16.6 Å². The minimum Gasteiger partial charge on any atom is -0.387 e. The first kappa shape index (κ1) is 12.2. The average Bonchev–Trinajstić information content (AvgIpc) is 2.22. The van der Waals surface area contributed by atoms with Crippen LogP contribution in [-0.4, -0.2) is 17.9 Å². The molecule has 0 amide bonds. The molecule has 1 heterocycles. The summed E-state index contributed by atoms with van der Waals surface area (Å²) in [6.07, 6.45) is 0. The summed E-state index contributed by atoms with van der Waals surface area (Å²) in [7, 11) is 0. The van der Waals surface area contributed by atoms with Crippen molar-refractivity contribution in [2.45, 2.75) is 26.3 Å². The van der Waals surface area contributed by atoms with Crippen molar-refractivity contribution in [2.24, 2.45) is 10.7 Å². The van der Waals surface area contributed by atoms with Gasteiger partial charge in [0.05, 0.1) is 27.4 Å². The minimum absolute atomic E-state index is 0.0234. The molecule has 0 atom stereocenters. The van der Waals surface area contributed by atoms with Crippen LogP contribution in [0.25, 0.3) is 0 Å². The van der Waals surface area contributed by atoms with Gasteiger partial charge in [-0.25, -0.2) is 4.99 Å². The Morgan fingerprint density at radius 2 is 2.18 bits per heavy atom. The maximum atomic E-state index is 5.62. The van der Waals surface area contributed by atoms with E-state index >= 15 is 0 Å². The first-order valence-electron chi connectivity index (χ1n) is 5.54. The van der Waals surface area contributed by atoms with Gasteiger partial charge in [-0.1, -0.05) is 0 Å². The van der Waals surface area contributed by atoms with Crippen LogP contribution in [0.4, 0.5) is 17.1 Å². The lowest BCUT2D eigenvalue weighted by Gasteiger charge is -2.35. The molecule has 0 saturated heterocycles. The summed E-state index contributed by atoms with van der Waals surface area (Å²) in [4.78, 5) is 4.29. The Labute approximate surface area is 110 Å². The van der Waals surface area contributed by atoms with Gasteiger partial charge in [-0.3, -0.25) is 0 Å². The smallest absolute Gasteiger partial charge is 0.0965 e. The number of nitrogens with zero attached hydrogens (tertiary/aromatic N) is 1. The SMILES string of the molecule is CC(N)=Nc1ccc2c(c1Br)NC(C)(C)CN2. The fourth-order valence-electron chi connectivity index (χ4n) is 1.81. The number of hydrogen-bond acceptors (Lipinski definition) is 3. The van der Waals surface area contributed by atoms with E-state index in [2.05, 4.69) is 45.4 Å². The van der Waals surface area contributed by atoms with Gasteiger partial charge in [-0.05, 0) is 48.8 Å². The number of anilines is 2. The lowest BCUT2D eigenvalue weighted by atomic mass is 10.0. The summed E-state index contributed by atoms with van der Waals surface area (Å²) in [6, 6.07) is 3.97. The third-order valence-corrected chi connectivity index (χ3v) is 3.41. The maximum Gasteiger partial charge on any atom is 0.0965 e.